The lowest BCUT2D eigenvalue weighted by Gasteiger charge is -2.44. The first-order chi connectivity index (χ1) is 11.9. The van der Waals surface area contributed by atoms with Crippen molar-refractivity contribution in [2.24, 2.45) is 11.8 Å². The van der Waals surface area contributed by atoms with E-state index in [9.17, 15) is 4.79 Å². The highest BCUT2D eigenvalue weighted by molar-refractivity contribution is 5.97. The first-order valence-corrected chi connectivity index (χ1v) is 9.67. The Balaban J connectivity index is 1.79. The second-order valence-corrected chi connectivity index (χ2v) is 8.37. The van der Waals surface area contributed by atoms with Crippen molar-refractivity contribution in [1.29, 1.82) is 0 Å². The van der Waals surface area contributed by atoms with Crippen LogP contribution in [0.4, 0.5) is 0 Å². The van der Waals surface area contributed by atoms with Gasteiger partial charge in [0.05, 0.1) is 0 Å². The van der Waals surface area contributed by atoms with Crippen molar-refractivity contribution in [3.05, 3.63) is 34.6 Å². The van der Waals surface area contributed by atoms with Crippen LogP contribution in [0, 0.1) is 11.8 Å². The van der Waals surface area contributed by atoms with E-state index in [0.717, 1.165) is 43.4 Å². The fraction of sp³-hybridized carbons (Fsp3) is 0.682. The van der Waals surface area contributed by atoms with E-state index >= 15 is 0 Å². The van der Waals surface area contributed by atoms with Gasteiger partial charge in [0, 0.05) is 31.4 Å². The van der Waals surface area contributed by atoms with E-state index in [2.05, 4.69) is 39.8 Å². The molecule has 0 N–H and O–H groups in total. The molecular formula is C22H32O3. The molecule has 1 heterocycles. The first-order valence-electron chi connectivity index (χ1n) is 9.67. The maximum absolute atomic E-state index is 12.5. The average molecular weight is 344 g/mol. The van der Waals surface area contributed by atoms with Gasteiger partial charge >= 0.3 is 0 Å². The normalized spacial score (nSPS) is 32.5. The monoisotopic (exact) mass is 344 g/mol. The standard InChI is InChI=1S/C22H32O3/c1-14(2)7-6-8-15(3)16-11-12-22(4)18(16)13-17-19(23)9-10-20(24-5)21(17)25-22/h7,11,15,18,20H,6,8-10,12-13H2,1-5H3/t15-,18-,20+,22+/m1/s1. The summed E-state index contributed by atoms with van der Waals surface area (Å²) in [5, 5.41) is 0. The van der Waals surface area contributed by atoms with Crippen molar-refractivity contribution in [3.8, 4) is 0 Å². The molecule has 0 spiro atoms. The van der Waals surface area contributed by atoms with Gasteiger partial charge in [-0.05, 0) is 52.4 Å². The Labute approximate surface area is 152 Å². The Kier molecular flexibility index (Phi) is 5.24. The van der Waals surface area contributed by atoms with Crippen molar-refractivity contribution >= 4 is 5.78 Å². The molecule has 2 aliphatic carbocycles. The van der Waals surface area contributed by atoms with Crippen molar-refractivity contribution in [2.75, 3.05) is 7.11 Å². The van der Waals surface area contributed by atoms with Gasteiger partial charge in [0.15, 0.2) is 5.78 Å². The van der Waals surface area contributed by atoms with Crippen molar-refractivity contribution in [2.45, 2.75) is 77.9 Å². The van der Waals surface area contributed by atoms with Gasteiger partial charge in [-0.25, -0.2) is 0 Å². The van der Waals surface area contributed by atoms with Gasteiger partial charge in [-0.2, -0.15) is 0 Å². The maximum Gasteiger partial charge on any atom is 0.162 e. The second-order valence-electron chi connectivity index (χ2n) is 8.37. The fourth-order valence-corrected chi connectivity index (χ4v) is 4.64. The fourth-order valence-electron chi connectivity index (χ4n) is 4.64. The summed E-state index contributed by atoms with van der Waals surface area (Å²) in [5.41, 5.74) is 3.55. The first kappa shape index (κ1) is 18.4. The second kappa shape index (κ2) is 7.11. The minimum Gasteiger partial charge on any atom is -0.488 e. The van der Waals surface area contributed by atoms with Crippen LogP contribution in [0.25, 0.3) is 0 Å². The van der Waals surface area contributed by atoms with Crippen molar-refractivity contribution in [3.63, 3.8) is 0 Å². The van der Waals surface area contributed by atoms with E-state index in [-0.39, 0.29) is 17.5 Å². The number of carbonyl (C=O) groups is 1. The summed E-state index contributed by atoms with van der Waals surface area (Å²) in [4.78, 5) is 12.5. The van der Waals surface area contributed by atoms with Gasteiger partial charge in [0.1, 0.15) is 17.5 Å². The number of hydrogen-bond acceptors (Lipinski definition) is 3. The largest absolute Gasteiger partial charge is 0.488 e. The van der Waals surface area contributed by atoms with E-state index in [1.807, 2.05) is 0 Å². The summed E-state index contributed by atoms with van der Waals surface area (Å²) in [5.74, 6) is 1.94. The van der Waals surface area contributed by atoms with Crippen LogP contribution in [0.15, 0.2) is 34.6 Å². The Bertz CT molecular complexity index is 636. The molecule has 0 saturated carbocycles. The SMILES string of the molecule is CO[C@H]1CCC(=O)C2=C1O[C@@]1(C)CC=C([C@H](C)CCC=C(C)C)[C@H]1C2. The zero-order valence-electron chi connectivity index (χ0n) is 16.4. The quantitative estimate of drug-likeness (QED) is 0.649. The number of ketones is 1. The Hall–Kier alpha value is -1.35. The smallest absolute Gasteiger partial charge is 0.162 e. The van der Waals surface area contributed by atoms with Gasteiger partial charge in [-0.15, -0.1) is 0 Å². The lowest BCUT2D eigenvalue weighted by atomic mass is 9.73. The van der Waals surface area contributed by atoms with Crippen LogP contribution in [0.1, 0.15) is 66.2 Å². The molecular weight excluding hydrogens is 312 g/mol. The van der Waals surface area contributed by atoms with E-state index < -0.39 is 0 Å². The van der Waals surface area contributed by atoms with Gasteiger partial charge in [-0.1, -0.05) is 30.2 Å². The minimum atomic E-state index is -0.215. The number of Topliss-reactive ketones (excluding diaryl/α,β-unsaturated/α-hetero) is 1. The average Bonchev–Trinajstić information content (AvgIpc) is 2.90. The van der Waals surface area contributed by atoms with Gasteiger partial charge < -0.3 is 9.47 Å². The number of fused-ring (bicyclic) bond motifs is 1. The topological polar surface area (TPSA) is 35.5 Å². The van der Waals surface area contributed by atoms with Crippen LogP contribution in [-0.4, -0.2) is 24.6 Å². The van der Waals surface area contributed by atoms with Gasteiger partial charge in [0.25, 0.3) is 0 Å². The molecule has 25 heavy (non-hydrogen) atoms. The lowest BCUT2D eigenvalue weighted by Crippen LogP contribution is -2.44. The molecule has 0 aromatic heterocycles. The highest BCUT2D eigenvalue weighted by atomic mass is 16.5. The third-order valence-corrected chi connectivity index (χ3v) is 6.20. The number of ether oxygens (including phenoxy) is 2. The van der Waals surface area contributed by atoms with E-state index in [1.165, 1.54) is 11.1 Å². The van der Waals surface area contributed by atoms with Crippen LogP contribution >= 0.6 is 0 Å². The highest BCUT2D eigenvalue weighted by Gasteiger charge is 2.50. The summed E-state index contributed by atoms with van der Waals surface area (Å²) in [6.45, 7) is 8.83. The Morgan fingerprint density at radius 3 is 2.92 bits per heavy atom. The summed E-state index contributed by atoms with van der Waals surface area (Å²) < 4.78 is 12.1. The number of carbonyl (C=O) groups excluding carboxylic acids is 1. The number of rotatable bonds is 5. The molecule has 0 aromatic carbocycles. The maximum atomic E-state index is 12.5. The third-order valence-electron chi connectivity index (χ3n) is 6.20. The van der Waals surface area contributed by atoms with Crippen molar-refractivity contribution < 1.29 is 14.3 Å². The number of allylic oxidation sites excluding steroid dienone is 3. The molecule has 0 fully saturated rings. The van der Waals surface area contributed by atoms with E-state index in [0.29, 0.717) is 18.3 Å². The van der Waals surface area contributed by atoms with Gasteiger partial charge in [0.2, 0.25) is 0 Å². The molecule has 0 amide bonds. The van der Waals surface area contributed by atoms with Crippen LogP contribution in [0.5, 0.6) is 0 Å². The predicted molar refractivity (Wildman–Crippen MR) is 100 cm³/mol. The molecule has 0 unspecified atom stereocenters. The summed E-state index contributed by atoms with van der Waals surface area (Å²) in [7, 11) is 1.71. The molecule has 0 saturated heterocycles. The van der Waals surface area contributed by atoms with Crippen LogP contribution in [0.3, 0.4) is 0 Å². The van der Waals surface area contributed by atoms with E-state index in [1.54, 1.807) is 7.11 Å². The zero-order chi connectivity index (χ0) is 18.2. The van der Waals surface area contributed by atoms with Gasteiger partial charge in [-0.3, -0.25) is 4.79 Å². The summed E-state index contributed by atoms with van der Waals surface area (Å²) in [6, 6.07) is 0. The molecule has 3 nitrogen and oxygen atoms in total. The van der Waals surface area contributed by atoms with Crippen LogP contribution in [0.2, 0.25) is 0 Å². The molecule has 0 bridgehead atoms. The Morgan fingerprint density at radius 1 is 1.48 bits per heavy atom. The number of hydrogen-bond donors (Lipinski definition) is 0. The predicted octanol–water partition coefficient (Wildman–Crippen LogP) is 5.13. The van der Waals surface area contributed by atoms with Crippen LogP contribution < -0.4 is 0 Å². The molecule has 3 aliphatic rings. The lowest BCUT2D eigenvalue weighted by molar-refractivity contribution is -0.122. The molecule has 1 aliphatic heterocycles. The Morgan fingerprint density at radius 2 is 2.24 bits per heavy atom. The molecule has 3 heteroatoms. The molecule has 0 radical (unpaired) electrons. The highest BCUT2D eigenvalue weighted by Crippen LogP contribution is 2.51. The van der Waals surface area contributed by atoms with Crippen molar-refractivity contribution in [1.82, 2.24) is 0 Å². The number of methoxy groups -OCH3 is 1. The summed E-state index contributed by atoms with van der Waals surface area (Å²) in [6.07, 6.45) is 10.00. The molecule has 3 rings (SSSR count). The third kappa shape index (κ3) is 3.48. The minimum absolute atomic E-state index is 0.0513. The molecule has 0 aromatic rings. The molecule has 4 atom stereocenters. The molecule has 138 valence electrons. The van der Waals surface area contributed by atoms with E-state index in [4.69, 9.17) is 9.47 Å². The summed E-state index contributed by atoms with van der Waals surface area (Å²) >= 11 is 0. The van der Waals surface area contributed by atoms with Crippen LogP contribution in [-0.2, 0) is 14.3 Å². The zero-order valence-corrected chi connectivity index (χ0v) is 16.4.